The molecular formula is C15H13FN2OS. The van der Waals surface area contributed by atoms with Crippen LogP contribution in [-0.4, -0.2) is 16.9 Å². The van der Waals surface area contributed by atoms with Crippen molar-refractivity contribution in [2.75, 3.05) is 0 Å². The first-order valence-electron chi connectivity index (χ1n) is 6.39. The lowest BCUT2D eigenvalue weighted by atomic mass is 10.1. The molecule has 1 aliphatic rings. The van der Waals surface area contributed by atoms with E-state index in [1.807, 2.05) is 6.07 Å². The summed E-state index contributed by atoms with van der Waals surface area (Å²) in [6.07, 6.45) is 2.52. The Kier molecular flexibility index (Phi) is 3.36. The van der Waals surface area contributed by atoms with Crippen LogP contribution < -0.4 is 5.32 Å². The Bertz CT molecular complexity index is 713. The third-order valence-corrected chi connectivity index (χ3v) is 3.78. The second-order valence-corrected chi connectivity index (χ2v) is 5.30. The van der Waals surface area contributed by atoms with Gasteiger partial charge < -0.3 is 10.3 Å². The summed E-state index contributed by atoms with van der Waals surface area (Å²) < 4.78 is 13.6. The highest BCUT2D eigenvalue weighted by atomic mass is 32.1. The van der Waals surface area contributed by atoms with Crippen molar-refractivity contribution in [2.45, 2.75) is 18.4 Å². The number of hydrogen-bond acceptors (Lipinski definition) is 2. The molecule has 0 bridgehead atoms. The molecule has 2 atom stereocenters. The zero-order valence-corrected chi connectivity index (χ0v) is 11.4. The molecule has 1 aliphatic carbocycles. The lowest BCUT2D eigenvalue weighted by Crippen LogP contribution is -2.27. The van der Waals surface area contributed by atoms with Crippen LogP contribution in [0.3, 0.4) is 0 Å². The Hall–Kier alpha value is -2.01. The Morgan fingerprint density at radius 3 is 2.95 bits per heavy atom. The molecule has 0 radical (unpaired) electrons. The van der Waals surface area contributed by atoms with E-state index in [-0.39, 0.29) is 23.7 Å². The van der Waals surface area contributed by atoms with Crippen LogP contribution in [0, 0.1) is 10.5 Å². The van der Waals surface area contributed by atoms with Gasteiger partial charge in [-0.05, 0) is 36.2 Å². The molecule has 1 saturated carbocycles. The number of carbonyl (C=O) groups excluding carboxylic acids is 1. The van der Waals surface area contributed by atoms with Crippen molar-refractivity contribution >= 4 is 18.1 Å². The zero-order valence-electron chi connectivity index (χ0n) is 10.6. The van der Waals surface area contributed by atoms with Gasteiger partial charge in [-0.25, -0.2) is 4.39 Å². The summed E-state index contributed by atoms with van der Waals surface area (Å²) in [5.41, 5.74) is 1.39. The highest BCUT2D eigenvalue weighted by Crippen LogP contribution is 2.41. The van der Waals surface area contributed by atoms with Crippen LogP contribution in [0.4, 0.5) is 4.39 Å². The van der Waals surface area contributed by atoms with Crippen molar-refractivity contribution in [1.29, 1.82) is 0 Å². The minimum atomic E-state index is -0.245. The summed E-state index contributed by atoms with van der Waals surface area (Å²) in [6, 6.07) is 9.99. The predicted octanol–water partition coefficient (Wildman–Crippen LogP) is 3.17. The van der Waals surface area contributed by atoms with E-state index in [1.165, 1.54) is 12.1 Å². The number of rotatable bonds is 3. The molecule has 0 saturated heterocycles. The molecule has 1 aromatic heterocycles. The number of benzene rings is 1. The molecular weight excluding hydrogens is 275 g/mol. The van der Waals surface area contributed by atoms with Crippen molar-refractivity contribution in [1.82, 2.24) is 10.3 Å². The van der Waals surface area contributed by atoms with Gasteiger partial charge in [-0.1, -0.05) is 24.4 Å². The predicted molar refractivity (Wildman–Crippen MR) is 76.6 cm³/mol. The van der Waals surface area contributed by atoms with E-state index in [1.54, 1.807) is 24.4 Å². The van der Waals surface area contributed by atoms with Crippen molar-refractivity contribution in [3.8, 4) is 0 Å². The first kappa shape index (κ1) is 13.0. The molecule has 20 heavy (non-hydrogen) atoms. The van der Waals surface area contributed by atoms with E-state index < -0.39 is 0 Å². The number of aromatic nitrogens is 1. The summed E-state index contributed by atoms with van der Waals surface area (Å²) in [6.45, 7) is 0. The Labute approximate surface area is 120 Å². The maximum atomic E-state index is 13.2. The van der Waals surface area contributed by atoms with Crippen LogP contribution in [0.1, 0.15) is 28.3 Å². The molecule has 5 heteroatoms. The first-order chi connectivity index (χ1) is 9.65. The monoisotopic (exact) mass is 288 g/mol. The maximum absolute atomic E-state index is 13.2. The smallest absolute Gasteiger partial charge is 0.254 e. The van der Waals surface area contributed by atoms with Gasteiger partial charge in [0.1, 0.15) is 10.5 Å². The standard InChI is InChI=1S/C15H13FN2OS/c16-10-4-1-3-9(7-10)12-8-13(12)18-14(19)11-5-2-6-17-15(11)20/h1-7,12-13H,8H2,(H,17,20)(H,18,19)/t12-,13+/m0/s1. The lowest BCUT2D eigenvalue weighted by Gasteiger charge is -2.05. The quantitative estimate of drug-likeness (QED) is 0.852. The third kappa shape index (κ3) is 2.63. The molecule has 1 aromatic carbocycles. The Morgan fingerprint density at radius 1 is 1.35 bits per heavy atom. The number of hydrogen-bond donors (Lipinski definition) is 2. The highest BCUT2D eigenvalue weighted by molar-refractivity contribution is 7.71. The van der Waals surface area contributed by atoms with Gasteiger partial charge in [-0.2, -0.15) is 0 Å². The summed E-state index contributed by atoms with van der Waals surface area (Å²) in [5, 5.41) is 2.93. The molecule has 1 heterocycles. The number of nitrogens with one attached hydrogen (secondary N) is 2. The van der Waals surface area contributed by atoms with Gasteiger partial charge in [-0.15, -0.1) is 0 Å². The summed E-state index contributed by atoms with van der Waals surface area (Å²) in [7, 11) is 0. The molecule has 2 N–H and O–H groups in total. The second kappa shape index (κ2) is 5.17. The zero-order chi connectivity index (χ0) is 14.1. The molecule has 0 aliphatic heterocycles. The van der Waals surface area contributed by atoms with Gasteiger partial charge in [-0.3, -0.25) is 4.79 Å². The van der Waals surface area contributed by atoms with E-state index in [9.17, 15) is 9.18 Å². The molecule has 102 valence electrons. The maximum Gasteiger partial charge on any atom is 0.254 e. The Morgan fingerprint density at radius 2 is 2.20 bits per heavy atom. The van der Waals surface area contributed by atoms with Gasteiger partial charge in [0.15, 0.2) is 0 Å². The Balaban J connectivity index is 1.68. The average molecular weight is 288 g/mol. The van der Waals surface area contributed by atoms with Crippen LogP contribution in [0.2, 0.25) is 0 Å². The summed E-state index contributed by atoms with van der Waals surface area (Å²) in [4.78, 5) is 14.9. The van der Waals surface area contributed by atoms with E-state index in [0.29, 0.717) is 10.2 Å². The molecule has 2 aromatic rings. The summed E-state index contributed by atoms with van der Waals surface area (Å²) in [5.74, 6) is -0.239. The van der Waals surface area contributed by atoms with Crippen molar-refractivity contribution in [2.24, 2.45) is 0 Å². The summed E-state index contributed by atoms with van der Waals surface area (Å²) >= 11 is 5.08. The van der Waals surface area contributed by atoms with Gasteiger partial charge in [0, 0.05) is 18.2 Å². The minimum Gasteiger partial charge on any atom is -0.352 e. The largest absolute Gasteiger partial charge is 0.352 e. The lowest BCUT2D eigenvalue weighted by molar-refractivity contribution is 0.0949. The fraction of sp³-hybridized carbons (Fsp3) is 0.200. The van der Waals surface area contributed by atoms with Crippen molar-refractivity contribution in [3.63, 3.8) is 0 Å². The number of amides is 1. The van der Waals surface area contributed by atoms with Crippen molar-refractivity contribution in [3.05, 3.63) is 64.2 Å². The normalized spacial score (nSPS) is 20.4. The number of aromatic amines is 1. The third-order valence-electron chi connectivity index (χ3n) is 3.45. The molecule has 0 unspecified atom stereocenters. The molecule has 1 fully saturated rings. The van der Waals surface area contributed by atoms with Crippen molar-refractivity contribution < 1.29 is 9.18 Å². The number of H-pyrrole nitrogens is 1. The first-order valence-corrected chi connectivity index (χ1v) is 6.80. The fourth-order valence-corrected chi connectivity index (χ4v) is 2.54. The minimum absolute atomic E-state index is 0.0545. The van der Waals surface area contributed by atoms with Crippen LogP contribution in [0.25, 0.3) is 0 Å². The van der Waals surface area contributed by atoms with E-state index >= 15 is 0 Å². The average Bonchev–Trinajstić information content (AvgIpc) is 3.18. The SMILES string of the molecule is O=C(N[C@@H]1C[C@H]1c1cccc(F)c1)c1ccc[nH]c1=S. The van der Waals surface area contributed by atoms with Crippen LogP contribution in [0.15, 0.2) is 42.6 Å². The highest BCUT2D eigenvalue weighted by Gasteiger charge is 2.39. The number of pyridine rings is 1. The molecule has 0 spiro atoms. The van der Waals surface area contributed by atoms with Gasteiger partial charge >= 0.3 is 0 Å². The van der Waals surface area contributed by atoms with Gasteiger partial charge in [0.2, 0.25) is 0 Å². The van der Waals surface area contributed by atoms with Crippen LogP contribution >= 0.6 is 12.2 Å². The molecule has 3 rings (SSSR count). The van der Waals surface area contributed by atoms with E-state index in [0.717, 1.165) is 12.0 Å². The van der Waals surface area contributed by atoms with E-state index in [4.69, 9.17) is 12.2 Å². The fourth-order valence-electron chi connectivity index (χ4n) is 2.31. The molecule has 3 nitrogen and oxygen atoms in total. The topological polar surface area (TPSA) is 44.9 Å². The van der Waals surface area contributed by atoms with Gasteiger partial charge in [0.05, 0.1) is 5.56 Å². The van der Waals surface area contributed by atoms with Crippen LogP contribution in [0.5, 0.6) is 0 Å². The number of halogens is 1. The van der Waals surface area contributed by atoms with Crippen LogP contribution in [-0.2, 0) is 0 Å². The number of carbonyl (C=O) groups is 1. The van der Waals surface area contributed by atoms with Gasteiger partial charge in [0.25, 0.3) is 5.91 Å². The molecule has 1 amide bonds. The second-order valence-electron chi connectivity index (χ2n) is 4.89. The van der Waals surface area contributed by atoms with E-state index in [2.05, 4.69) is 10.3 Å².